The molecule has 0 aromatic heterocycles. The number of carbonyl (C=O) groups is 1. The maximum Gasteiger partial charge on any atom is 0.412 e. The van der Waals surface area contributed by atoms with Crippen molar-refractivity contribution in [3.05, 3.63) is 60.4 Å². The van der Waals surface area contributed by atoms with Gasteiger partial charge in [0.15, 0.2) is 9.84 Å². The zero-order chi connectivity index (χ0) is 22.0. The summed E-state index contributed by atoms with van der Waals surface area (Å²) < 4.78 is 76.0. The summed E-state index contributed by atoms with van der Waals surface area (Å²) in [6.45, 7) is 4.20. The van der Waals surface area contributed by atoms with E-state index in [1.807, 2.05) is 0 Å². The van der Waals surface area contributed by atoms with E-state index in [0.717, 1.165) is 12.3 Å². The fraction of sp³-hybridized carbons (Fsp3) is 0.250. The second-order valence-electron chi connectivity index (χ2n) is 6.66. The van der Waals surface area contributed by atoms with Crippen molar-refractivity contribution in [2.45, 2.75) is 24.4 Å². The first-order chi connectivity index (χ1) is 13.3. The predicted molar refractivity (Wildman–Crippen MR) is 103 cm³/mol. The molecule has 0 fully saturated rings. The number of halogens is 4. The zero-order valence-corrected chi connectivity index (χ0v) is 16.5. The van der Waals surface area contributed by atoms with Gasteiger partial charge in [0.05, 0.1) is 10.6 Å². The Kier molecular flexibility index (Phi) is 6.52. The highest BCUT2D eigenvalue weighted by molar-refractivity contribution is 7.90. The molecule has 0 saturated carbocycles. The summed E-state index contributed by atoms with van der Waals surface area (Å²) in [5.74, 6) is -2.71. The lowest BCUT2D eigenvalue weighted by molar-refractivity contribution is -0.120. The van der Waals surface area contributed by atoms with Crippen LogP contribution in [0.2, 0.25) is 0 Å². The molecule has 1 amide bonds. The summed E-state index contributed by atoms with van der Waals surface area (Å²) in [5.41, 5.74) is -0.699. The fourth-order valence-corrected chi connectivity index (χ4v) is 3.56. The fourth-order valence-electron chi connectivity index (χ4n) is 2.65. The molecule has 1 unspecified atom stereocenters. The molecular formula is C20H19F4NO3S. The lowest BCUT2D eigenvalue weighted by Crippen LogP contribution is -2.24. The highest BCUT2D eigenvalue weighted by Crippen LogP contribution is 2.31. The summed E-state index contributed by atoms with van der Waals surface area (Å²) in [5, 5.41) is 2.25. The van der Waals surface area contributed by atoms with E-state index in [1.165, 1.54) is 31.2 Å². The number of benzene rings is 2. The second kappa shape index (κ2) is 8.36. The Hall–Kier alpha value is -2.68. The topological polar surface area (TPSA) is 63.2 Å². The van der Waals surface area contributed by atoms with Crippen LogP contribution in [0.4, 0.5) is 23.2 Å². The molecule has 0 aliphatic carbocycles. The van der Waals surface area contributed by atoms with E-state index in [-0.39, 0.29) is 16.1 Å². The number of rotatable bonds is 6. The van der Waals surface area contributed by atoms with Crippen molar-refractivity contribution in [3.8, 4) is 11.1 Å². The Morgan fingerprint density at radius 1 is 1.17 bits per heavy atom. The molecule has 0 heterocycles. The van der Waals surface area contributed by atoms with Crippen molar-refractivity contribution in [2.75, 3.05) is 11.6 Å². The SMILES string of the molecule is C=C(CC(C)C(=O)Nc1ccc(-c2ccccc2S(C)(=O)=O)cc1F)C(F)(F)F. The maximum atomic E-state index is 14.5. The van der Waals surface area contributed by atoms with Crippen LogP contribution in [-0.2, 0) is 14.6 Å². The molecule has 156 valence electrons. The number of nitrogens with one attached hydrogen (secondary N) is 1. The average Bonchev–Trinajstić information content (AvgIpc) is 2.61. The number of hydrogen-bond acceptors (Lipinski definition) is 3. The van der Waals surface area contributed by atoms with Gasteiger partial charge in [-0.15, -0.1) is 0 Å². The van der Waals surface area contributed by atoms with Crippen LogP contribution in [-0.4, -0.2) is 26.8 Å². The van der Waals surface area contributed by atoms with Crippen LogP contribution in [0.25, 0.3) is 11.1 Å². The molecule has 0 aliphatic rings. The van der Waals surface area contributed by atoms with Gasteiger partial charge in [-0.2, -0.15) is 13.2 Å². The normalized spacial score (nSPS) is 13.0. The van der Waals surface area contributed by atoms with Gasteiger partial charge in [0, 0.05) is 23.3 Å². The first-order valence-electron chi connectivity index (χ1n) is 8.45. The van der Waals surface area contributed by atoms with Crippen LogP contribution in [0.5, 0.6) is 0 Å². The molecule has 0 spiro atoms. The highest BCUT2D eigenvalue weighted by Gasteiger charge is 2.33. The van der Waals surface area contributed by atoms with Gasteiger partial charge in [-0.3, -0.25) is 4.79 Å². The van der Waals surface area contributed by atoms with Crippen LogP contribution in [0.15, 0.2) is 59.5 Å². The number of alkyl halides is 3. The Bertz CT molecular complexity index is 1050. The zero-order valence-electron chi connectivity index (χ0n) is 15.7. The average molecular weight is 429 g/mol. The number of amides is 1. The van der Waals surface area contributed by atoms with E-state index in [0.29, 0.717) is 5.56 Å². The Balaban J connectivity index is 2.23. The predicted octanol–water partition coefficient (Wildman–Crippen LogP) is 4.98. The van der Waals surface area contributed by atoms with Gasteiger partial charge in [0.1, 0.15) is 5.82 Å². The number of anilines is 1. The molecule has 0 saturated heterocycles. The molecule has 2 rings (SSSR count). The Morgan fingerprint density at radius 2 is 1.79 bits per heavy atom. The van der Waals surface area contributed by atoms with Crippen molar-refractivity contribution in [2.24, 2.45) is 5.92 Å². The minimum atomic E-state index is -4.60. The van der Waals surface area contributed by atoms with E-state index < -0.39 is 45.6 Å². The largest absolute Gasteiger partial charge is 0.412 e. The minimum Gasteiger partial charge on any atom is -0.323 e. The van der Waals surface area contributed by atoms with E-state index >= 15 is 0 Å². The third kappa shape index (κ3) is 5.66. The van der Waals surface area contributed by atoms with Crippen LogP contribution < -0.4 is 5.32 Å². The summed E-state index contributed by atoms with van der Waals surface area (Å²) in [7, 11) is -3.55. The lowest BCUT2D eigenvalue weighted by atomic mass is 10.0. The quantitative estimate of drug-likeness (QED) is 0.520. The maximum absolute atomic E-state index is 14.5. The Labute approximate surface area is 166 Å². The van der Waals surface area contributed by atoms with Crippen LogP contribution in [0, 0.1) is 11.7 Å². The molecule has 0 radical (unpaired) electrons. The number of hydrogen-bond donors (Lipinski definition) is 1. The van der Waals surface area contributed by atoms with Crippen LogP contribution >= 0.6 is 0 Å². The van der Waals surface area contributed by atoms with Crippen molar-refractivity contribution in [1.82, 2.24) is 0 Å². The number of allylic oxidation sites excluding steroid dienone is 1. The van der Waals surface area contributed by atoms with Crippen molar-refractivity contribution in [3.63, 3.8) is 0 Å². The smallest absolute Gasteiger partial charge is 0.323 e. The monoisotopic (exact) mass is 429 g/mol. The molecule has 0 bridgehead atoms. The number of carbonyl (C=O) groups excluding carboxylic acids is 1. The first kappa shape index (κ1) is 22.6. The minimum absolute atomic E-state index is 0.0236. The van der Waals surface area contributed by atoms with Gasteiger partial charge in [0.25, 0.3) is 0 Å². The standard InChI is InChI=1S/C20H19F4NO3S/c1-12(10-13(2)20(22,23)24)19(26)25-17-9-8-14(11-16(17)21)15-6-4-5-7-18(15)29(3,27)28/h4-9,11-12H,2,10H2,1,3H3,(H,25,26). The first-order valence-corrected chi connectivity index (χ1v) is 10.3. The van der Waals surface area contributed by atoms with Gasteiger partial charge >= 0.3 is 6.18 Å². The molecule has 29 heavy (non-hydrogen) atoms. The third-order valence-corrected chi connectivity index (χ3v) is 5.38. The van der Waals surface area contributed by atoms with Crippen molar-refractivity contribution < 1.29 is 30.8 Å². The van der Waals surface area contributed by atoms with Crippen LogP contribution in [0.3, 0.4) is 0 Å². The van der Waals surface area contributed by atoms with Gasteiger partial charge in [-0.05, 0) is 30.2 Å². The molecule has 4 nitrogen and oxygen atoms in total. The molecule has 2 aromatic rings. The summed E-state index contributed by atoms with van der Waals surface area (Å²) in [6.07, 6.45) is -4.18. The molecule has 1 N–H and O–H groups in total. The molecule has 9 heteroatoms. The van der Waals surface area contributed by atoms with Gasteiger partial charge in [-0.1, -0.05) is 37.8 Å². The lowest BCUT2D eigenvalue weighted by Gasteiger charge is -2.16. The summed E-state index contributed by atoms with van der Waals surface area (Å²) in [4.78, 5) is 12.1. The van der Waals surface area contributed by atoms with E-state index in [9.17, 15) is 30.8 Å². The molecule has 0 aliphatic heterocycles. The van der Waals surface area contributed by atoms with E-state index in [4.69, 9.17) is 0 Å². The van der Waals surface area contributed by atoms with E-state index in [1.54, 1.807) is 12.1 Å². The molecule has 1 atom stereocenters. The highest BCUT2D eigenvalue weighted by atomic mass is 32.2. The third-order valence-electron chi connectivity index (χ3n) is 4.23. The van der Waals surface area contributed by atoms with Crippen molar-refractivity contribution in [1.29, 1.82) is 0 Å². The van der Waals surface area contributed by atoms with E-state index in [2.05, 4.69) is 11.9 Å². The van der Waals surface area contributed by atoms with Crippen molar-refractivity contribution >= 4 is 21.4 Å². The molecule has 2 aromatic carbocycles. The van der Waals surface area contributed by atoms with Crippen LogP contribution in [0.1, 0.15) is 13.3 Å². The summed E-state index contributed by atoms with van der Waals surface area (Å²) >= 11 is 0. The second-order valence-corrected chi connectivity index (χ2v) is 8.64. The number of sulfone groups is 1. The molecular weight excluding hydrogens is 410 g/mol. The Morgan fingerprint density at radius 3 is 2.34 bits per heavy atom. The van der Waals surface area contributed by atoms with Gasteiger partial charge in [0.2, 0.25) is 5.91 Å². The van der Waals surface area contributed by atoms with Gasteiger partial charge < -0.3 is 5.32 Å². The van der Waals surface area contributed by atoms with Gasteiger partial charge in [-0.25, -0.2) is 12.8 Å². The summed E-state index contributed by atoms with van der Waals surface area (Å²) in [6, 6.07) is 9.77.